The van der Waals surface area contributed by atoms with E-state index in [1.54, 1.807) is 48.5 Å². The molecule has 0 aliphatic rings. The van der Waals surface area contributed by atoms with Gasteiger partial charge in [-0.1, -0.05) is 48.0 Å². The largest absolute Gasteiger partial charge is 0.497 e. The first kappa shape index (κ1) is 25.4. The van der Waals surface area contributed by atoms with E-state index in [-0.39, 0.29) is 5.75 Å². The number of carbonyl (C=O) groups is 3. The van der Waals surface area contributed by atoms with Gasteiger partial charge in [0.05, 0.1) is 18.9 Å². The molecule has 0 saturated heterocycles. The van der Waals surface area contributed by atoms with Gasteiger partial charge in [0.25, 0.3) is 0 Å². The van der Waals surface area contributed by atoms with Crippen LogP contribution in [0.5, 0.6) is 11.5 Å². The number of esters is 1. The Bertz CT molecular complexity index is 1520. The first-order chi connectivity index (χ1) is 17.9. The molecule has 0 heterocycles. The van der Waals surface area contributed by atoms with Crippen molar-refractivity contribution in [3.63, 3.8) is 0 Å². The van der Waals surface area contributed by atoms with E-state index < -0.39 is 17.8 Å². The van der Waals surface area contributed by atoms with Crippen molar-refractivity contribution in [1.82, 2.24) is 5.43 Å². The minimum absolute atomic E-state index is 0.233. The van der Waals surface area contributed by atoms with Gasteiger partial charge in [0.15, 0.2) is 0 Å². The van der Waals surface area contributed by atoms with Crippen LogP contribution in [0.15, 0.2) is 84.0 Å². The van der Waals surface area contributed by atoms with Crippen molar-refractivity contribution >= 4 is 52.1 Å². The molecule has 0 bridgehead atoms. The van der Waals surface area contributed by atoms with Crippen LogP contribution in [0.4, 0.5) is 5.69 Å². The van der Waals surface area contributed by atoms with Crippen LogP contribution in [0.3, 0.4) is 0 Å². The Balaban J connectivity index is 1.52. The summed E-state index contributed by atoms with van der Waals surface area (Å²) in [5, 5.41) is 8.46. The molecule has 186 valence electrons. The van der Waals surface area contributed by atoms with Crippen LogP contribution in [0.1, 0.15) is 21.5 Å². The van der Waals surface area contributed by atoms with Crippen LogP contribution in [-0.4, -0.2) is 31.1 Å². The van der Waals surface area contributed by atoms with E-state index >= 15 is 0 Å². The molecular weight excluding hydrogens is 494 g/mol. The number of rotatable bonds is 6. The summed E-state index contributed by atoms with van der Waals surface area (Å²) in [6.45, 7) is 1.82. The molecule has 8 nitrogen and oxygen atoms in total. The van der Waals surface area contributed by atoms with Crippen molar-refractivity contribution < 1.29 is 23.9 Å². The topological polar surface area (TPSA) is 106 Å². The molecule has 0 aliphatic carbocycles. The molecule has 37 heavy (non-hydrogen) atoms. The molecule has 9 heteroatoms. The third kappa shape index (κ3) is 6.12. The molecule has 0 atom stereocenters. The number of halogens is 1. The molecule has 2 amide bonds. The molecule has 0 unspecified atom stereocenters. The third-order valence-corrected chi connectivity index (χ3v) is 5.86. The van der Waals surface area contributed by atoms with Crippen molar-refractivity contribution in [3.05, 3.63) is 101 Å². The molecule has 0 radical (unpaired) electrons. The number of benzene rings is 4. The Morgan fingerprint density at radius 2 is 1.68 bits per heavy atom. The number of anilines is 1. The third-order valence-electron chi connectivity index (χ3n) is 5.45. The van der Waals surface area contributed by atoms with E-state index in [2.05, 4.69) is 15.8 Å². The molecular formula is C28H22ClN3O5. The predicted octanol–water partition coefficient (Wildman–Crippen LogP) is 5.12. The number of amides is 2. The van der Waals surface area contributed by atoms with Crippen LogP contribution >= 0.6 is 11.6 Å². The van der Waals surface area contributed by atoms with E-state index in [4.69, 9.17) is 21.1 Å². The fourth-order valence-electron chi connectivity index (χ4n) is 3.45. The van der Waals surface area contributed by atoms with Crippen molar-refractivity contribution in [2.75, 3.05) is 12.4 Å². The van der Waals surface area contributed by atoms with Crippen LogP contribution in [0.25, 0.3) is 10.8 Å². The van der Waals surface area contributed by atoms with Crippen molar-refractivity contribution in [2.24, 2.45) is 5.10 Å². The SMILES string of the molecule is COc1ccc(C(=O)Oc2ccc3ccccc3c2/C=N\NC(=O)C(=O)Nc2ccc(C)c(Cl)c2)cc1. The van der Waals surface area contributed by atoms with Gasteiger partial charge in [0, 0.05) is 16.3 Å². The predicted molar refractivity (Wildman–Crippen MR) is 142 cm³/mol. The number of ether oxygens (including phenoxy) is 2. The lowest BCUT2D eigenvalue weighted by molar-refractivity contribution is -0.136. The molecule has 0 spiro atoms. The number of hydrazone groups is 1. The van der Waals surface area contributed by atoms with Crippen molar-refractivity contribution in [2.45, 2.75) is 6.92 Å². The van der Waals surface area contributed by atoms with E-state index in [1.165, 1.54) is 13.3 Å². The number of hydrogen-bond donors (Lipinski definition) is 2. The van der Waals surface area contributed by atoms with Crippen LogP contribution in [0, 0.1) is 6.92 Å². The number of fused-ring (bicyclic) bond motifs is 1. The van der Waals surface area contributed by atoms with Crippen LogP contribution < -0.4 is 20.2 Å². The molecule has 2 N–H and O–H groups in total. The Kier molecular flexibility index (Phi) is 7.80. The average Bonchev–Trinajstić information content (AvgIpc) is 2.91. The van der Waals surface area contributed by atoms with E-state index in [1.807, 2.05) is 37.3 Å². The maximum absolute atomic E-state index is 12.8. The molecule has 4 aromatic rings. The zero-order valence-electron chi connectivity index (χ0n) is 19.9. The van der Waals surface area contributed by atoms with Gasteiger partial charge in [-0.2, -0.15) is 5.10 Å². The lowest BCUT2D eigenvalue weighted by Gasteiger charge is -2.11. The van der Waals surface area contributed by atoms with E-state index in [0.29, 0.717) is 27.6 Å². The fraction of sp³-hybridized carbons (Fsp3) is 0.0714. The minimum Gasteiger partial charge on any atom is -0.497 e. The summed E-state index contributed by atoms with van der Waals surface area (Å²) in [7, 11) is 1.54. The molecule has 0 fully saturated rings. The zero-order chi connectivity index (χ0) is 26.4. The highest BCUT2D eigenvalue weighted by Crippen LogP contribution is 2.28. The van der Waals surface area contributed by atoms with E-state index in [0.717, 1.165) is 16.3 Å². The van der Waals surface area contributed by atoms with Gasteiger partial charge in [-0.05, 0) is 65.7 Å². The number of aryl methyl sites for hydroxylation is 1. The van der Waals surface area contributed by atoms with Crippen LogP contribution in [0.2, 0.25) is 5.02 Å². The average molecular weight is 516 g/mol. The molecule has 0 aliphatic heterocycles. The smallest absolute Gasteiger partial charge is 0.343 e. The Morgan fingerprint density at radius 1 is 0.919 bits per heavy atom. The lowest BCUT2D eigenvalue weighted by atomic mass is 10.0. The maximum atomic E-state index is 12.8. The van der Waals surface area contributed by atoms with Crippen molar-refractivity contribution in [1.29, 1.82) is 0 Å². The number of hydrogen-bond acceptors (Lipinski definition) is 6. The molecule has 4 rings (SSSR count). The number of nitrogens with zero attached hydrogens (tertiary/aromatic N) is 1. The second kappa shape index (κ2) is 11.4. The van der Waals surface area contributed by atoms with E-state index in [9.17, 15) is 14.4 Å². The highest BCUT2D eigenvalue weighted by Gasteiger charge is 2.16. The second-order valence-corrected chi connectivity index (χ2v) is 8.34. The van der Waals surface area contributed by atoms with Gasteiger partial charge in [-0.15, -0.1) is 0 Å². The van der Waals surface area contributed by atoms with Crippen molar-refractivity contribution in [3.8, 4) is 11.5 Å². The molecule has 0 saturated carbocycles. The number of carbonyl (C=O) groups excluding carboxylic acids is 3. The Labute approximate surface area is 217 Å². The maximum Gasteiger partial charge on any atom is 0.343 e. The Hall–Kier alpha value is -4.69. The highest BCUT2D eigenvalue weighted by molar-refractivity contribution is 6.40. The van der Waals surface area contributed by atoms with Gasteiger partial charge in [0.1, 0.15) is 11.5 Å². The summed E-state index contributed by atoms with van der Waals surface area (Å²) < 4.78 is 10.8. The fourth-order valence-corrected chi connectivity index (χ4v) is 3.63. The first-order valence-corrected chi connectivity index (χ1v) is 11.5. The quantitative estimate of drug-likeness (QED) is 0.122. The van der Waals surface area contributed by atoms with Crippen LogP contribution in [-0.2, 0) is 9.59 Å². The van der Waals surface area contributed by atoms with Gasteiger partial charge in [-0.25, -0.2) is 10.2 Å². The number of methoxy groups -OCH3 is 1. The number of nitrogens with one attached hydrogen (secondary N) is 2. The van der Waals surface area contributed by atoms with Gasteiger partial charge < -0.3 is 14.8 Å². The molecule has 0 aromatic heterocycles. The zero-order valence-corrected chi connectivity index (χ0v) is 20.7. The second-order valence-electron chi connectivity index (χ2n) is 7.93. The standard InChI is InChI=1S/C28H22ClN3O5/c1-17-7-11-20(15-24(17)29)31-26(33)27(34)32-30-16-23-22-6-4-3-5-18(22)10-14-25(23)37-28(35)19-8-12-21(36-2)13-9-19/h3-16H,1-2H3,(H,31,33)(H,32,34)/b30-16-. The Morgan fingerprint density at radius 3 is 2.41 bits per heavy atom. The normalized spacial score (nSPS) is 10.8. The monoisotopic (exact) mass is 515 g/mol. The summed E-state index contributed by atoms with van der Waals surface area (Å²) in [6, 6.07) is 22.3. The first-order valence-electron chi connectivity index (χ1n) is 11.1. The summed E-state index contributed by atoms with van der Waals surface area (Å²) in [5.41, 5.74) is 4.20. The van der Waals surface area contributed by atoms with Gasteiger partial charge >= 0.3 is 17.8 Å². The van der Waals surface area contributed by atoms with Gasteiger partial charge in [-0.3, -0.25) is 9.59 Å². The highest BCUT2D eigenvalue weighted by atomic mass is 35.5. The lowest BCUT2D eigenvalue weighted by Crippen LogP contribution is -2.32. The van der Waals surface area contributed by atoms with Gasteiger partial charge in [0.2, 0.25) is 0 Å². The summed E-state index contributed by atoms with van der Waals surface area (Å²) in [4.78, 5) is 37.3. The summed E-state index contributed by atoms with van der Waals surface area (Å²) >= 11 is 6.06. The summed E-state index contributed by atoms with van der Waals surface area (Å²) in [5.74, 6) is -1.63. The molecule has 4 aromatic carbocycles. The summed E-state index contributed by atoms with van der Waals surface area (Å²) in [6.07, 6.45) is 1.33. The minimum atomic E-state index is -0.982.